The lowest BCUT2D eigenvalue weighted by atomic mass is 10.0. The molecule has 0 aliphatic rings. The molecule has 1 rings (SSSR count). The highest BCUT2D eigenvalue weighted by atomic mass is 16.5. The van der Waals surface area contributed by atoms with Gasteiger partial charge in [0.2, 0.25) is 0 Å². The molecule has 1 unspecified atom stereocenters. The molecule has 5 nitrogen and oxygen atoms in total. The third kappa shape index (κ3) is 6.12. The number of carbonyl (C=O) groups excluding carboxylic acids is 1. The molecule has 0 bridgehead atoms. The first-order valence-electron chi connectivity index (χ1n) is 7.39. The molecule has 1 atom stereocenters. The predicted octanol–water partition coefficient (Wildman–Crippen LogP) is 1.96. The lowest BCUT2D eigenvalue weighted by molar-refractivity contribution is -0.124. The number of rotatable bonds is 7. The van der Waals surface area contributed by atoms with Crippen molar-refractivity contribution in [1.29, 1.82) is 0 Å². The summed E-state index contributed by atoms with van der Waals surface area (Å²) < 4.78 is 5.62. The summed E-state index contributed by atoms with van der Waals surface area (Å²) in [6.45, 7) is 9.83. The van der Waals surface area contributed by atoms with E-state index in [9.17, 15) is 4.79 Å². The van der Waals surface area contributed by atoms with Crippen molar-refractivity contribution in [3.8, 4) is 5.75 Å². The number of pyridine rings is 1. The summed E-state index contributed by atoms with van der Waals surface area (Å²) in [5.74, 6) is 0.497. The number of hydrogen-bond acceptors (Lipinski definition) is 4. The van der Waals surface area contributed by atoms with Crippen molar-refractivity contribution in [2.24, 2.45) is 5.73 Å². The number of ether oxygens (including phenoxy) is 1. The summed E-state index contributed by atoms with van der Waals surface area (Å²) in [5.41, 5.74) is 7.31. The van der Waals surface area contributed by atoms with Crippen LogP contribution >= 0.6 is 0 Å². The Labute approximate surface area is 127 Å². The van der Waals surface area contributed by atoms with E-state index in [4.69, 9.17) is 10.5 Å². The first-order chi connectivity index (χ1) is 9.73. The average Bonchev–Trinajstić information content (AvgIpc) is 2.36. The van der Waals surface area contributed by atoms with Crippen molar-refractivity contribution >= 4 is 5.91 Å². The van der Waals surface area contributed by atoms with Crippen LogP contribution in [-0.2, 0) is 11.2 Å². The molecule has 5 heteroatoms. The van der Waals surface area contributed by atoms with Gasteiger partial charge in [0.25, 0.3) is 5.91 Å². The van der Waals surface area contributed by atoms with Crippen LogP contribution in [0.25, 0.3) is 0 Å². The van der Waals surface area contributed by atoms with E-state index in [-0.39, 0.29) is 24.1 Å². The molecule has 0 radical (unpaired) electrons. The Morgan fingerprint density at radius 1 is 1.48 bits per heavy atom. The van der Waals surface area contributed by atoms with Crippen LogP contribution in [0.1, 0.15) is 45.5 Å². The van der Waals surface area contributed by atoms with E-state index < -0.39 is 0 Å². The first-order valence-corrected chi connectivity index (χ1v) is 7.39. The van der Waals surface area contributed by atoms with Crippen LogP contribution in [0.3, 0.4) is 0 Å². The Bertz CT molecular complexity index is 484. The molecule has 0 aliphatic carbocycles. The molecule has 0 fully saturated rings. The van der Waals surface area contributed by atoms with Crippen LogP contribution < -0.4 is 15.8 Å². The van der Waals surface area contributed by atoms with Gasteiger partial charge in [-0.3, -0.25) is 9.78 Å². The number of aryl methyl sites for hydroxylation is 1. The molecule has 0 aliphatic heterocycles. The van der Waals surface area contributed by atoms with Gasteiger partial charge in [-0.2, -0.15) is 0 Å². The fraction of sp³-hybridized carbons (Fsp3) is 0.625. The van der Waals surface area contributed by atoms with E-state index >= 15 is 0 Å². The van der Waals surface area contributed by atoms with Gasteiger partial charge in [-0.25, -0.2) is 0 Å². The summed E-state index contributed by atoms with van der Waals surface area (Å²) in [6.07, 6.45) is 1.49. The Hall–Kier alpha value is -1.62. The SMILES string of the molecule is CCC(C)(C)NC(=O)COc1ccc(C)nc1CC(C)N. The van der Waals surface area contributed by atoms with Crippen molar-refractivity contribution in [2.75, 3.05) is 6.61 Å². The van der Waals surface area contributed by atoms with Crippen LogP contribution in [0.2, 0.25) is 0 Å². The summed E-state index contributed by atoms with van der Waals surface area (Å²) in [7, 11) is 0. The summed E-state index contributed by atoms with van der Waals surface area (Å²) in [6, 6.07) is 3.71. The minimum atomic E-state index is -0.222. The molecule has 118 valence electrons. The zero-order valence-corrected chi connectivity index (χ0v) is 13.7. The van der Waals surface area contributed by atoms with Gasteiger partial charge in [-0.15, -0.1) is 0 Å². The average molecular weight is 293 g/mol. The Morgan fingerprint density at radius 2 is 2.14 bits per heavy atom. The molecule has 1 heterocycles. The molecule has 0 saturated carbocycles. The van der Waals surface area contributed by atoms with Crippen molar-refractivity contribution in [3.63, 3.8) is 0 Å². The van der Waals surface area contributed by atoms with Crippen LogP contribution in [0, 0.1) is 6.92 Å². The molecule has 0 saturated heterocycles. The smallest absolute Gasteiger partial charge is 0.258 e. The zero-order valence-electron chi connectivity index (χ0n) is 13.7. The number of carbonyl (C=O) groups is 1. The molecule has 1 aromatic rings. The van der Waals surface area contributed by atoms with Crippen molar-refractivity contribution in [2.45, 2.75) is 59.0 Å². The third-order valence-corrected chi connectivity index (χ3v) is 3.31. The second-order valence-corrected chi connectivity index (χ2v) is 6.15. The maximum absolute atomic E-state index is 11.9. The van der Waals surface area contributed by atoms with Gasteiger partial charge in [-0.05, 0) is 46.2 Å². The number of aromatic nitrogens is 1. The number of amides is 1. The highest BCUT2D eigenvalue weighted by Gasteiger charge is 2.18. The van der Waals surface area contributed by atoms with Crippen molar-refractivity contribution in [1.82, 2.24) is 10.3 Å². The third-order valence-electron chi connectivity index (χ3n) is 3.31. The molecule has 21 heavy (non-hydrogen) atoms. The quantitative estimate of drug-likeness (QED) is 0.805. The maximum Gasteiger partial charge on any atom is 0.258 e. The Balaban J connectivity index is 2.68. The van der Waals surface area contributed by atoms with E-state index in [0.29, 0.717) is 12.2 Å². The van der Waals surface area contributed by atoms with Gasteiger partial charge in [0, 0.05) is 23.7 Å². The minimum Gasteiger partial charge on any atom is -0.482 e. The minimum absolute atomic E-state index is 0.00509. The van der Waals surface area contributed by atoms with Crippen molar-refractivity contribution < 1.29 is 9.53 Å². The summed E-state index contributed by atoms with van der Waals surface area (Å²) >= 11 is 0. The molecule has 1 aromatic heterocycles. The number of nitrogens with two attached hydrogens (primary N) is 1. The maximum atomic E-state index is 11.9. The van der Waals surface area contributed by atoms with Crippen LogP contribution in [0.15, 0.2) is 12.1 Å². The van der Waals surface area contributed by atoms with Crippen LogP contribution in [-0.4, -0.2) is 29.1 Å². The van der Waals surface area contributed by atoms with Crippen molar-refractivity contribution in [3.05, 3.63) is 23.5 Å². The Morgan fingerprint density at radius 3 is 2.71 bits per heavy atom. The van der Waals surface area contributed by atoms with Gasteiger partial charge in [0.1, 0.15) is 5.75 Å². The lowest BCUT2D eigenvalue weighted by Crippen LogP contribution is -2.45. The standard InChI is InChI=1S/C16H27N3O2/c1-6-16(4,5)19-15(20)10-21-14-8-7-12(3)18-13(14)9-11(2)17/h7-8,11H,6,9-10,17H2,1-5H3,(H,19,20). The van der Waals surface area contributed by atoms with E-state index in [1.807, 2.05) is 46.8 Å². The van der Waals surface area contributed by atoms with Crippen LogP contribution in [0.4, 0.5) is 0 Å². The lowest BCUT2D eigenvalue weighted by Gasteiger charge is -2.24. The van der Waals surface area contributed by atoms with E-state index in [0.717, 1.165) is 17.8 Å². The molecule has 0 spiro atoms. The van der Waals surface area contributed by atoms with E-state index in [2.05, 4.69) is 10.3 Å². The monoisotopic (exact) mass is 293 g/mol. The molecule has 3 N–H and O–H groups in total. The van der Waals surface area contributed by atoms with E-state index in [1.54, 1.807) is 0 Å². The molecule has 0 aromatic carbocycles. The number of nitrogens with zero attached hydrogens (tertiary/aromatic N) is 1. The Kier molecular flexibility index (Phi) is 6.15. The topological polar surface area (TPSA) is 77.2 Å². The predicted molar refractivity (Wildman–Crippen MR) is 84.3 cm³/mol. The normalized spacial score (nSPS) is 12.9. The van der Waals surface area contributed by atoms with Gasteiger partial charge in [0.15, 0.2) is 6.61 Å². The number of nitrogens with one attached hydrogen (secondary N) is 1. The summed E-state index contributed by atoms with van der Waals surface area (Å²) in [5, 5.41) is 2.94. The molecule has 1 amide bonds. The van der Waals surface area contributed by atoms with Crippen LogP contribution in [0.5, 0.6) is 5.75 Å². The van der Waals surface area contributed by atoms with Gasteiger partial charge < -0.3 is 15.8 Å². The second-order valence-electron chi connectivity index (χ2n) is 6.15. The van der Waals surface area contributed by atoms with Gasteiger partial charge >= 0.3 is 0 Å². The fourth-order valence-corrected chi connectivity index (χ4v) is 1.83. The highest BCUT2D eigenvalue weighted by Crippen LogP contribution is 2.18. The fourth-order valence-electron chi connectivity index (χ4n) is 1.83. The highest BCUT2D eigenvalue weighted by molar-refractivity contribution is 5.78. The summed E-state index contributed by atoms with van der Waals surface area (Å²) in [4.78, 5) is 16.4. The molecular weight excluding hydrogens is 266 g/mol. The largest absolute Gasteiger partial charge is 0.482 e. The molecular formula is C16H27N3O2. The number of hydrogen-bond donors (Lipinski definition) is 2. The van der Waals surface area contributed by atoms with E-state index in [1.165, 1.54) is 0 Å². The second kappa shape index (κ2) is 7.41. The zero-order chi connectivity index (χ0) is 16.0. The van der Waals surface area contributed by atoms with Gasteiger partial charge in [0.05, 0.1) is 5.69 Å². The van der Waals surface area contributed by atoms with Gasteiger partial charge in [-0.1, -0.05) is 6.92 Å². The first kappa shape index (κ1) is 17.4.